The Morgan fingerprint density at radius 2 is 2.11 bits per heavy atom. The number of halogens is 2. The molecule has 1 aromatic carbocycles. The van der Waals surface area contributed by atoms with Crippen molar-refractivity contribution in [1.82, 2.24) is 4.98 Å². The number of oxazole rings is 1. The minimum Gasteiger partial charge on any atom is -0.452 e. The van der Waals surface area contributed by atoms with Gasteiger partial charge >= 0.3 is 5.97 Å². The summed E-state index contributed by atoms with van der Waals surface area (Å²) >= 11 is 0. The lowest BCUT2D eigenvalue weighted by molar-refractivity contribution is 0.0431. The van der Waals surface area contributed by atoms with Gasteiger partial charge < -0.3 is 9.15 Å². The van der Waals surface area contributed by atoms with Gasteiger partial charge in [-0.25, -0.2) is 18.6 Å². The Balaban J connectivity index is 2.07. The summed E-state index contributed by atoms with van der Waals surface area (Å²) in [6, 6.07) is 2.57. The van der Waals surface area contributed by atoms with Crippen LogP contribution in [0.25, 0.3) is 0 Å². The molecule has 0 aliphatic heterocycles. The Hall–Kier alpha value is -2.24. The number of rotatable bonds is 3. The van der Waals surface area contributed by atoms with Gasteiger partial charge in [-0.15, -0.1) is 0 Å². The Bertz CT molecular complexity index is 603. The zero-order chi connectivity index (χ0) is 14.0. The topological polar surface area (TPSA) is 52.3 Å². The fraction of sp³-hybridized carbons (Fsp3) is 0.231. The molecule has 2 rings (SSSR count). The van der Waals surface area contributed by atoms with Crippen molar-refractivity contribution >= 4 is 5.97 Å². The van der Waals surface area contributed by atoms with Gasteiger partial charge in [0.05, 0.1) is 11.3 Å². The second-order valence-electron chi connectivity index (χ2n) is 3.95. The van der Waals surface area contributed by atoms with Crippen molar-refractivity contribution < 1.29 is 22.7 Å². The molecule has 1 heterocycles. The highest BCUT2D eigenvalue weighted by Gasteiger charge is 2.16. The van der Waals surface area contributed by atoms with Crippen LogP contribution in [0, 0.1) is 25.5 Å². The highest BCUT2D eigenvalue weighted by Crippen LogP contribution is 2.13. The highest BCUT2D eigenvalue weighted by atomic mass is 19.1. The number of ether oxygens (including phenoxy) is 1. The normalized spacial score (nSPS) is 10.5. The first kappa shape index (κ1) is 13.2. The average molecular weight is 267 g/mol. The van der Waals surface area contributed by atoms with Crippen LogP contribution < -0.4 is 0 Å². The van der Waals surface area contributed by atoms with E-state index in [4.69, 9.17) is 9.15 Å². The summed E-state index contributed by atoms with van der Waals surface area (Å²) in [6.07, 6.45) is 0. The summed E-state index contributed by atoms with van der Waals surface area (Å²) in [7, 11) is 0. The summed E-state index contributed by atoms with van der Waals surface area (Å²) in [5, 5.41) is 0. The number of aromatic nitrogens is 1. The number of carbonyl (C=O) groups excluding carboxylic acids is 1. The van der Waals surface area contributed by atoms with E-state index in [1.165, 1.54) is 0 Å². The standard InChI is InChI=1S/C13H11F2NO3/c1-7-8(2)19-12(16-7)6-18-13(17)10-5-9(14)3-4-11(10)15/h3-5H,6H2,1-2H3. The molecule has 0 fully saturated rings. The van der Waals surface area contributed by atoms with Crippen LogP contribution in [0.5, 0.6) is 0 Å². The average Bonchev–Trinajstić information content (AvgIpc) is 2.69. The van der Waals surface area contributed by atoms with E-state index < -0.39 is 23.2 Å². The number of esters is 1. The van der Waals surface area contributed by atoms with Gasteiger partial charge in [0, 0.05) is 0 Å². The van der Waals surface area contributed by atoms with E-state index in [1.54, 1.807) is 13.8 Å². The number of hydrogen-bond acceptors (Lipinski definition) is 4. The molecule has 0 saturated carbocycles. The molecule has 2 aromatic rings. The smallest absolute Gasteiger partial charge is 0.341 e. The van der Waals surface area contributed by atoms with E-state index in [-0.39, 0.29) is 12.5 Å². The highest BCUT2D eigenvalue weighted by molar-refractivity contribution is 5.89. The molecule has 4 nitrogen and oxygen atoms in total. The molecule has 1 aromatic heterocycles. The van der Waals surface area contributed by atoms with Gasteiger partial charge in [-0.1, -0.05) is 0 Å². The first-order chi connectivity index (χ1) is 8.97. The molecular formula is C13H11F2NO3. The molecule has 0 N–H and O–H groups in total. The summed E-state index contributed by atoms with van der Waals surface area (Å²) in [5.41, 5.74) is 0.225. The van der Waals surface area contributed by atoms with Crippen molar-refractivity contribution in [3.8, 4) is 0 Å². The molecule has 0 saturated heterocycles. The third kappa shape index (κ3) is 2.96. The van der Waals surface area contributed by atoms with Crippen molar-refractivity contribution in [3.63, 3.8) is 0 Å². The maximum absolute atomic E-state index is 13.3. The largest absolute Gasteiger partial charge is 0.452 e. The van der Waals surface area contributed by atoms with Crippen LogP contribution in [-0.2, 0) is 11.3 Å². The first-order valence-corrected chi connectivity index (χ1v) is 5.52. The fourth-order valence-corrected chi connectivity index (χ4v) is 1.46. The van der Waals surface area contributed by atoms with Crippen molar-refractivity contribution in [3.05, 3.63) is 52.7 Å². The minimum absolute atomic E-state index is 0.208. The van der Waals surface area contributed by atoms with Crippen LogP contribution in [0.3, 0.4) is 0 Å². The number of hydrogen-bond donors (Lipinski definition) is 0. The first-order valence-electron chi connectivity index (χ1n) is 5.52. The zero-order valence-electron chi connectivity index (χ0n) is 10.4. The molecule has 0 atom stereocenters. The number of aryl methyl sites for hydroxylation is 2. The van der Waals surface area contributed by atoms with Crippen molar-refractivity contribution in [2.24, 2.45) is 0 Å². The molecule has 0 bridgehead atoms. The third-order valence-electron chi connectivity index (χ3n) is 2.55. The van der Waals surface area contributed by atoms with E-state index in [1.807, 2.05) is 0 Å². The van der Waals surface area contributed by atoms with Crippen LogP contribution >= 0.6 is 0 Å². The number of benzene rings is 1. The van der Waals surface area contributed by atoms with Gasteiger partial charge in [0.15, 0.2) is 6.61 Å². The van der Waals surface area contributed by atoms with E-state index >= 15 is 0 Å². The van der Waals surface area contributed by atoms with Gasteiger partial charge in [-0.3, -0.25) is 0 Å². The van der Waals surface area contributed by atoms with E-state index in [9.17, 15) is 13.6 Å². The molecular weight excluding hydrogens is 256 g/mol. The monoisotopic (exact) mass is 267 g/mol. The van der Waals surface area contributed by atoms with Gasteiger partial charge in [0.1, 0.15) is 17.4 Å². The molecule has 100 valence electrons. The number of carbonyl (C=O) groups is 1. The molecule has 0 aliphatic rings. The molecule has 0 unspecified atom stereocenters. The van der Waals surface area contributed by atoms with Crippen LogP contribution in [0.1, 0.15) is 27.7 Å². The lowest BCUT2D eigenvalue weighted by atomic mass is 10.2. The quantitative estimate of drug-likeness (QED) is 0.802. The lowest BCUT2D eigenvalue weighted by Gasteiger charge is -2.03. The SMILES string of the molecule is Cc1nc(COC(=O)c2cc(F)ccc2F)oc1C. The van der Waals surface area contributed by atoms with Gasteiger partial charge in [-0.2, -0.15) is 0 Å². The Morgan fingerprint density at radius 1 is 1.37 bits per heavy atom. The summed E-state index contributed by atoms with van der Waals surface area (Å²) in [5.74, 6) is -1.70. The summed E-state index contributed by atoms with van der Waals surface area (Å²) in [4.78, 5) is 15.6. The number of nitrogens with zero attached hydrogens (tertiary/aromatic N) is 1. The van der Waals surface area contributed by atoms with Crippen molar-refractivity contribution in [2.75, 3.05) is 0 Å². The van der Waals surface area contributed by atoms with Gasteiger partial charge in [0.2, 0.25) is 5.89 Å². The molecule has 6 heteroatoms. The maximum Gasteiger partial charge on any atom is 0.341 e. The van der Waals surface area contributed by atoms with Crippen LogP contribution in [-0.4, -0.2) is 11.0 Å². The predicted octanol–water partition coefficient (Wildman–Crippen LogP) is 2.93. The Morgan fingerprint density at radius 3 is 2.74 bits per heavy atom. The van der Waals surface area contributed by atoms with E-state index in [0.29, 0.717) is 11.5 Å². The minimum atomic E-state index is -0.967. The molecule has 19 heavy (non-hydrogen) atoms. The second kappa shape index (κ2) is 5.17. The van der Waals surface area contributed by atoms with Crippen molar-refractivity contribution in [1.29, 1.82) is 0 Å². The molecule has 0 aliphatic carbocycles. The fourth-order valence-electron chi connectivity index (χ4n) is 1.46. The van der Waals surface area contributed by atoms with E-state index in [2.05, 4.69) is 4.98 Å². The van der Waals surface area contributed by atoms with E-state index in [0.717, 1.165) is 18.2 Å². The predicted molar refractivity (Wildman–Crippen MR) is 61.5 cm³/mol. The zero-order valence-corrected chi connectivity index (χ0v) is 10.4. The second-order valence-corrected chi connectivity index (χ2v) is 3.95. The molecule has 0 amide bonds. The lowest BCUT2D eigenvalue weighted by Crippen LogP contribution is -2.08. The summed E-state index contributed by atoms with van der Waals surface area (Å²) in [6.45, 7) is 3.24. The summed E-state index contributed by atoms with van der Waals surface area (Å²) < 4.78 is 36.2. The van der Waals surface area contributed by atoms with Crippen LogP contribution in [0.4, 0.5) is 8.78 Å². The van der Waals surface area contributed by atoms with Crippen molar-refractivity contribution in [2.45, 2.75) is 20.5 Å². The van der Waals surface area contributed by atoms with Gasteiger partial charge in [0.25, 0.3) is 0 Å². The Labute approximate surface area is 108 Å². The van der Waals surface area contributed by atoms with Crippen LogP contribution in [0.2, 0.25) is 0 Å². The Kier molecular flexibility index (Phi) is 3.59. The third-order valence-corrected chi connectivity index (χ3v) is 2.55. The van der Waals surface area contributed by atoms with Gasteiger partial charge in [-0.05, 0) is 32.0 Å². The molecule has 0 spiro atoms. The molecule has 0 radical (unpaired) electrons. The maximum atomic E-state index is 13.3. The van der Waals surface area contributed by atoms with Crippen LogP contribution in [0.15, 0.2) is 22.6 Å².